The van der Waals surface area contributed by atoms with E-state index in [0.717, 1.165) is 18.3 Å². The average molecular weight is 282 g/mol. The third-order valence-corrected chi connectivity index (χ3v) is 4.63. The maximum atomic E-state index is 11.7. The molecule has 2 saturated carbocycles. The summed E-state index contributed by atoms with van der Waals surface area (Å²) in [5.74, 6) is 1.53. The van der Waals surface area contributed by atoms with Crippen LogP contribution in [0.3, 0.4) is 0 Å². The summed E-state index contributed by atoms with van der Waals surface area (Å²) >= 11 is 0. The summed E-state index contributed by atoms with van der Waals surface area (Å²) in [5.41, 5.74) is -0.421. The van der Waals surface area contributed by atoms with Crippen molar-refractivity contribution in [1.82, 2.24) is 10.6 Å². The smallest absolute Gasteiger partial charge is 0.407 e. The standard InChI is InChI=1S/C16H30N2O2/c1-10-7-6-8-12(11(10)2)17-13-9-14(13)18-15(19)20-16(3,4)5/h10-14,17H,6-9H2,1-5H3,(H,18,19). The molecule has 5 atom stereocenters. The molecule has 0 bridgehead atoms. The summed E-state index contributed by atoms with van der Waals surface area (Å²) in [6.45, 7) is 10.4. The van der Waals surface area contributed by atoms with Crippen LogP contribution in [0.25, 0.3) is 0 Å². The van der Waals surface area contributed by atoms with Gasteiger partial charge in [0.15, 0.2) is 0 Å². The van der Waals surface area contributed by atoms with Gasteiger partial charge in [-0.15, -0.1) is 0 Å². The number of rotatable bonds is 3. The van der Waals surface area contributed by atoms with Crippen molar-refractivity contribution in [1.29, 1.82) is 0 Å². The zero-order chi connectivity index (χ0) is 14.9. The first-order valence-electron chi connectivity index (χ1n) is 8.02. The van der Waals surface area contributed by atoms with E-state index in [9.17, 15) is 4.79 Å². The summed E-state index contributed by atoms with van der Waals surface area (Å²) in [4.78, 5) is 11.7. The number of amides is 1. The summed E-state index contributed by atoms with van der Waals surface area (Å²) < 4.78 is 5.29. The van der Waals surface area contributed by atoms with Gasteiger partial charge in [0.25, 0.3) is 0 Å². The summed E-state index contributed by atoms with van der Waals surface area (Å²) in [6, 6.07) is 1.28. The van der Waals surface area contributed by atoms with Crippen molar-refractivity contribution in [2.45, 2.75) is 84.0 Å². The van der Waals surface area contributed by atoms with Gasteiger partial charge in [-0.3, -0.25) is 0 Å². The lowest BCUT2D eigenvalue weighted by atomic mass is 9.78. The predicted octanol–water partition coefficient (Wildman–Crippen LogP) is 3.07. The van der Waals surface area contributed by atoms with Gasteiger partial charge in [-0.05, 0) is 45.4 Å². The molecule has 0 aromatic heterocycles. The van der Waals surface area contributed by atoms with Gasteiger partial charge >= 0.3 is 6.09 Å². The molecule has 0 aromatic carbocycles. The molecule has 4 heteroatoms. The predicted molar refractivity (Wildman–Crippen MR) is 80.7 cm³/mol. The largest absolute Gasteiger partial charge is 0.444 e. The Hall–Kier alpha value is -0.770. The molecule has 0 saturated heterocycles. The number of carbonyl (C=O) groups excluding carboxylic acids is 1. The Balaban J connectivity index is 1.71. The molecule has 2 N–H and O–H groups in total. The second kappa shape index (κ2) is 5.92. The molecule has 4 nitrogen and oxygen atoms in total. The first-order valence-corrected chi connectivity index (χ1v) is 8.02. The molecule has 0 radical (unpaired) electrons. The SMILES string of the molecule is CC1CCCC(NC2CC2NC(=O)OC(C)(C)C)C1C. The highest BCUT2D eigenvalue weighted by Gasteiger charge is 2.42. The molecule has 2 fully saturated rings. The van der Waals surface area contributed by atoms with Gasteiger partial charge in [-0.25, -0.2) is 4.79 Å². The van der Waals surface area contributed by atoms with Gasteiger partial charge in [0.2, 0.25) is 0 Å². The third-order valence-electron chi connectivity index (χ3n) is 4.63. The molecule has 1 amide bonds. The van der Waals surface area contributed by atoms with Crippen molar-refractivity contribution in [2.75, 3.05) is 0 Å². The van der Waals surface area contributed by atoms with Gasteiger partial charge in [0.05, 0.1) is 0 Å². The van der Waals surface area contributed by atoms with Crippen LogP contribution in [0.4, 0.5) is 4.79 Å². The van der Waals surface area contributed by atoms with Crippen molar-refractivity contribution < 1.29 is 9.53 Å². The molecule has 0 aliphatic heterocycles. The normalized spacial score (nSPS) is 37.4. The van der Waals surface area contributed by atoms with Gasteiger partial charge < -0.3 is 15.4 Å². The number of alkyl carbamates (subject to hydrolysis) is 1. The molecule has 2 aliphatic rings. The van der Waals surface area contributed by atoms with E-state index in [4.69, 9.17) is 4.74 Å². The van der Waals surface area contributed by atoms with E-state index < -0.39 is 5.60 Å². The maximum Gasteiger partial charge on any atom is 0.407 e. The average Bonchev–Trinajstić information content (AvgIpc) is 3.00. The van der Waals surface area contributed by atoms with Gasteiger partial charge in [0.1, 0.15) is 5.60 Å². The summed E-state index contributed by atoms with van der Waals surface area (Å²) in [6.07, 6.45) is 4.67. The number of hydrogen-bond donors (Lipinski definition) is 2. The molecular formula is C16H30N2O2. The van der Waals surface area contributed by atoms with Crippen LogP contribution in [0.1, 0.15) is 60.3 Å². The quantitative estimate of drug-likeness (QED) is 0.836. The van der Waals surface area contributed by atoms with Crippen molar-refractivity contribution in [2.24, 2.45) is 11.8 Å². The Morgan fingerprint density at radius 2 is 1.80 bits per heavy atom. The van der Waals surface area contributed by atoms with E-state index >= 15 is 0 Å². The van der Waals surface area contributed by atoms with Crippen molar-refractivity contribution in [3.05, 3.63) is 0 Å². The molecule has 0 aromatic rings. The van der Waals surface area contributed by atoms with Gasteiger partial charge in [-0.1, -0.05) is 26.7 Å². The Bertz CT molecular complexity index is 351. The highest BCUT2D eigenvalue weighted by Crippen LogP contribution is 2.32. The van der Waals surface area contributed by atoms with E-state index in [2.05, 4.69) is 24.5 Å². The molecule has 116 valence electrons. The lowest BCUT2D eigenvalue weighted by Crippen LogP contribution is -2.44. The monoisotopic (exact) mass is 282 g/mol. The van der Waals surface area contributed by atoms with Crippen LogP contribution in [0.15, 0.2) is 0 Å². The minimum atomic E-state index is -0.421. The van der Waals surface area contributed by atoms with Crippen LogP contribution in [0.2, 0.25) is 0 Å². The van der Waals surface area contributed by atoms with Gasteiger partial charge in [-0.2, -0.15) is 0 Å². The van der Waals surface area contributed by atoms with Crippen LogP contribution in [0.5, 0.6) is 0 Å². The highest BCUT2D eigenvalue weighted by atomic mass is 16.6. The van der Waals surface area contributed by atoms with E-state index in [0.29, 0.717) is 12.1 Å². The lowest BCUT2D eigenvalue weighted by Gasteiger charge is -2.35. The second-order valence-electron chi connectivity index (χ2n) is 7.64. The zero-order valence-corrected chi connectivity index (χ0v) is 13.5. The topological polar surface area (TPSA) is 50.4 Å². The molecule has 2 aliphatic carbocycles. The molecule has 2 rings (SSSR count). The van der Waals surface area contributed by atoms with E-state index in [1.807, 2.05) is 20.8 Å². The fraction of sp³-hybridized carbons (Fsp3) is 0.938. The fourth-order valence-corrected chi connectivity index (χ4v) is 3.09. The Morgan fingerprint density at radius 3 is 2.45 bits per heavy atom. The number of nitrogens with one attached hydrogen (secondary N) is 2. The number of ether oxygens (including phenoxy) is 1. The number of carbonyl (C=O) groups is 1. The van der Waals surface area contributed by atoms with Crippen molar-refractivity contribution >= 4 is 6.09 Å². The first-order chi connectivity index (χ1) is 9.26. The molecule has 20 heavy (non-hydrogen) atoms. The summed E-state index contributed by atoms with van der Waals surface area (Å²) in [5, 5.41) is 6.67. The Kier molecular flexibility index (Phi) is 4.62. The second-order valence-corrected chi connectivity index (χ2v) is 7.64. The summed E-state index contributed by atoms with van der Waals surface area (Å²) in [7, 11) is 0. The van der Waals surface area contributed by atoms with Crippen LogP contribution in [-0.4, -0.2) is 29.8 Å². The van der Waals surface area contributed by atoms with E-state index in [1.165, 1.54) is 19.3 Å². The minimum Gasteiger partial charge on any atom is -0.444 e. The highest BCUT2D eigenvalue weighted by molar-refractivity contribution is 5.68. The minimum absolute atomic E-state index is 0.245. The van der Waals surface area contributed by atoms with Crippen LogP contribution in [-0.2, 0) is 4.74 Å². The molecule has 5 unspecified atom stereocenters. The van der Waals surface area contributed by atoms with Crippen LogP contribution in [0, 0.1) is 11.8 Å². The Labute approximate surface area is 123 Å². The van der Waals surface area contributed by atoms with E-state index in [1.54, 1.807) is 0 Å². The first kappa shape index (κ1) is 15.6. The Morgan fingerprint density at radius 1 is 1.10 bits per heavy atom. The van der Waals surface area contributed by atoms with Crippen molar-refractivity contribution in [3.8, 4) is 0 Å². The molecule has 0 heterocycles. The molecule has 0 spiro atoms. The zero-order valence-electron chi connectivity index (χ0n) is 13.5. The van der Waals surface area contributed by atoms with Crippen molar-refractivity contribution in [3.63, 3.8) is 0 Å². The lowest BCUT2D eigenvalue weighted by molar-refractivity contribution is 0.0521. The molecular weight excluding hydrogens is 252 g/mol. The van der Waals surface area contributed by atoms with Crippen LogP contribution >= 0.6 is 0 Å². The fourth-order valence-electron chi connectivity index (χ4n) is 3.09. The number of hydrogen-bond acceptors (Lipinski definition) is 3. The van der Waals surface area contributed by atoms with Gasteiger partial charge in [0, 0.05) is 18.1 Å². The maximum absolute atomic E-state index is 11.7. The van der Waals surface area contributed by atoms with E-state index in [-0.39, 0.29) is 12.1 Å². The van der Waals surface area contributed by atoms with Crippen LogP contribution < -0.4 is 10.6 Å². The third kappa shape index (κ3) is 4.37.